The predicted octanol–water partition coefficient (Wildman–Crippen LogP) is 1.14. The van der Waals surface area contributed by atoms with Gasteiger partial charge in [0.1, 0.15) is 0 Å². The molecule has 0 saturated heterocycles. The van der Waals surface area contributed by atoms with E-state index in [1.54, 1.807) is 11.8 Å². The highest BCUT2D eigenvalue weighted by Gasteiger charge is 2.20. The van der Waals surface area contributed by atoms with Gasteiger partial charge in [0.05, 0.1) is 5.69 Å². The molecule has 0 radical (unpaired) electrons. The van der Waals surface area contributed by atoms with E-state index in [9.17, 15) is 4.79 Å². The molecule has 1 N–H and O–H groups in total. The zero-order valence-electron chi connectivity index (χ0n) is 9.80. The van der Waals surface area contributed by atoms with Crippen molar-refractivity contribution in [1.82, 2.24) is 15.0 Å². The number of aryl methyl sites for hydroxylation is 1. The summed E-state index contributed by atoms with van der Waals surface area (Å²) in [5.74, 6) is -0.940. The summed E-state index contributed by atoms with van der Waals surface area (Å²) in [7, 11) is 1.63. The first kappa shape index (κ1) is 12.6. The molecule has 1 aromatic rings. The lowest BCUT2D eigenvalue weighted by Gasteiger charge is -2.09. The zero-order chi connectivity index (χ0) is 12.1. The summed E-state index contributed by atoms with van der Waals surface area (Å²) in [5, 5.41) is 16.5. The highest BCUT2D eigenvalue weighted by molar-refractivity contribution is 5.86. The monoisotopic (exact) mass is 227 g/mol. The van der Waals surface area contributed by atoms with Crippen molar-refractivity contribution in [2.75, 3.05) is 13.7 Å². The molecule has 1 heterocycles. The highest BCUT2D eigenvalue weighted by atomic mass is 16.5. The Bertz CT molecular complexity index is 360. The number of hydrogen-bond acceptors (Lipinski definition) is 4. The minimum absolute atomic E-state index is 0.0485. The van der Waals surface area contributed by atoms with Crippen LogP contribution in [0.25, 0.3) is 0 Å². The molecule has 0 aliphatic carbocycles. The number of carboxylic acid groups (broad SMARTS) is 1. The molecule has 6 nitrogen and oxygen atoms in total. The zero-order valence-corrected chi connectivity index (χ0v) is 9.80. The van der Waals surface area contributed by atoms with Gasteiger partial charge in [-0.25, -0.2) is 9.48 Å². The van der Waals surface area contributed by atoms with Crippen molar-refractivity contribution in [3.05, 3.63) is 11.4 Å². The van der Waals surface area contributed by atoms with Crippen LogP contribution in [0.2, 0.25) is 0 Å². The Hall–Kier alpha value is -1.43. The summed E-state index contributed by atoms with van der Waals surface area (Å²) in [6, 6.07) is 0. The number of methoxy groups -OCH3 is 1. The van der Waals surface area contributed by atoms with Crippen molar-refractivity contribution in [3.63, 3.8) is 0 Å². The predicted molar refractivity (Wildman–Crippen MR) is 57.6 cm³/mol. The summed E-state index contributed by atoms with van der Waals surface area (Å²) >= 11 is 0. The number of ether oxygens (including phenoxy) is 1. The molecule has 90 valence electrons. The molecule has 0 saturated carbocycles. The molecule has 0 aromatic carbocycles. The van der Waals surface area contributed by atoms with Crippen LogP contribution >= 0.6 is 0 Å². The van der Waals surface area contributed by atoms with E-state index in [0.29, 0.717) is 18.8 Å². The second-order valence-corrected chi connectivity index (χ2v) is 3.85. The van der Waals surface area contributed by atoms with Gasteiger partial charge in [-0.2, -0.15) is 0 Å². The van der Waals surface area contributed by atoms with Crippen molar-refractivity contribution in [2.24, 2.45) is 0 Å². The molecule has 1 aromatic heterocycles. The summed E-state index contributed by atoms with van der Waals surface area (Å²) in [6.45, 7) is 5.11. The third kappa shape index (κ3) is 2.79. The number of rotatable bonds is 6. The first-order chi connectivity index (χ1) is 7.57. The van der Waals surface area contributed by atoms with Gasteiger partial charge >= 0.3 is 5.97 Å². The van der Waals surface area contributed by atoms with Crippen molar-refractivity contribution >= 4 is 5.97 Å². The maximum atomic E-state index is 10.9. The van der Waals surface area contributed by atoms with Crippen LogP contribution < -0.4 is 0 Å². The lowest BCUT2D eigenvalue weighted by Crippen LogP contribution is -2.11. The van der Waals surface area contributed by atoms with Gasteiger partial charge in [0.2, 0.25) is 0 Å². The molecule has 0 aliphatic heterocycles. The minimum Gasteiger partial charge on any atom is -0.476 e. The van der Waals surface area contributed by atoms with E-state index in [1.165, 1.54) is 0 Å². The van der Waals surface area contributed by atoms with E-state index >= 15 is 0 Å². The fourth-order valence-corrected chi connectivity index (χ4v) is 1.57. The van der Waals surface area contributed by atoms with Crippen LogP contribution in [0, 0.1) is 0 Å². The molecule has 0 spiro atoms. The van der Waals surface area contributed by atoms with E-state index in [1.807, 2.05) is 13.8 Å². The maximum absolute atomic E-state index is 10.9. The second-order valence-electron chi connectivity index (χ2n) is 3.85. The number of aromatic carboxylic acids is 1. The number of carbonyl (C=O) groups is 1. The Morgan fingerprint density at radius 1 is 1.56 bits per heavy atom. The molecule has 1 rings (SSSR count). The van der Waals surface area contributed by atoms with Crippen molar-refractivity contribution in [1.29, 1.82) is 0 Å². The molecule has 0 fully saturated rings. The third-order valence-corrected chi connectivity index (χ3v) is 2.24. The number of hydrogen-bond donors (Lipinski definition) is 1. The molecular formula is C10H17N3O3. The molecular weight excluding hydrogens is 210 g/mol. The Kier molecular flexibility index (Phi) is 4.42. The quantitative estimate of drug-likeness (QED) is 0.737. The van der Waals surface area contributed by atoms with Crippen molar-refractivity contribution in [3.8, 4) is 0 Å². The molecule has 0 aliphatic rings. The van der Waals surface area contributed by atoms with Crippen molar-refractivity contribution < 1.29 is 14.6 Å². The van der Waals surface area contributed by atoms with Crippen LogP contribution in [-0.4, -0.2) is 39.8 Å². The van der Waals surface area contributed by atoms with Crippen LogP contribution in [-0.2, 0) is 11.3 Å². The lowest BCUT2D eigenvalue weighted by molar-refractivity contribution is 0.0688. The van der Waals surface area contributed by atoms with Gasteiger partial charge in [-0.05, 0) is 12.3 Å². The fraction of sp³-hybridized carbons (Fsp3) is 0.700. The molecule has 0 amide bonds. The maximum Gasteiger partial charge on any atom is 0.358 e. The smallest absolute Gasteiger partial charge is 0.358 e. The Labute approximate surface area is 94.2 Å². The number of nitrogens with zero attached hydrogens (tertiary/aromatic N) is 3. The van der Waals surface area contributed by atoms with Gasteiger partial charge in [-0.3, -0.25) is 0 Å². The van der Waals surface area contributed by atoms with Crippen LogP contribution in [0.15, 0.2) is 0 Å². The molecule has 6 heteroatoms. The SMILES string of the molecule is COCCCn1nnc(C(=O)O)c1C(C)C. The summed E-state index contributed by atoms with van der Waals surface area (Å²) in [6.07, 6.45) is 0.790. The van der Waals surface area contributed by atoms with E-state index in [2.05, 4.69) is 10.3 Å². The number of aromatic nitrogens is 3. The highest BCUT2D eigenvalue weighted by Crippen LogP contribution is 2.17. The standard InChI is InChI=1S/C10H17N3O3/c1-7(2)9-8(10(14)15)11-12-13(9)5-4-6-16-3/h7H,4-6H2,1-3H3,(H,14,15). The number of carboxylic acids is 1. The van der Waals surface area contributed by atoms with Gasteiger partial charge in [-0.1, -0.05) is 19.1 Å². The summed E-state index contributed by atoms with van der Waals surface area (Å²) in [5.41, 5.74) is 0.719. The third-order valence-electron chi connectivity index (χ3n) is 2.24. The van der Waals surface area contributed by atoms with Gasteiger partial charge in [0.25, 0.3) is 0 Å². The Morgan fingerprint density at radius 2 is 2.25 bits per heavy atom. The van der Waals surface area contributed by atoms with Gasteiger partial charge in [0.15, 0.2) is 5.69 Å². The minimum atomic E-state index is -1.03. The van der Waals surface area contributed by atoms with Crippen LogP contribution in [0.4, 0.5) is 0 Å². The normalized spacial score (nSPS) is 11.0. The van der Waals surface area contributed by atoms with E-state index in [-0.39, 0.29) is 11.6 Å². The summed E-state index contributed by atoms with van der Waals surface area (Å²) in [4.78, 5) is 10.9. The largest absolute Gasteiger partial charge is 0.476 e. The Morgan fingerprint density at radius 3 is 2.75 bits per heavy atom. The topological polar surface area (TPSA) is 77.2 Å². The average Bonchev–Trinajstić information content (AvgIpc) is 2.62. The fourth-order valence-electron chi connectivity index (χ4n) is 1.57. The first-order valence-electron chi connectivity index (χ1n) is 5.23. The molecule has 0 atom stereocenters. The molecule has 0 unspecified atom stereocenters. The van der Waals surface area contributed by atoms with Crippen LogP contribution in [0.5, 0.6) is 0 Å². The second kappa shape index (κ2) is 5.60. The Balaban J connectivity index is 2.87. The first-order valence-corrected chi connectivity index (χ1v) is 5.23. The average molecular weight is 227 g/mol. The van der Waals surface area contributed by atoms with E-state index in [4.69, 9.17) is 9.84 Å². The van der Waals surface area contributed by atoms with Crippen molar-refractivity contribution in [2.45, 2.75) is 32.7 Å². The molecule has 0 bridgehead atoms. The van der Waals surface area contributed by atoms with Crippen LogP contribution in [0.3, 0.4) is 0 Å². The van der Waals surface area contributed by atoms with Crippen LogP contribution in [0.1, 0.15) is 42.4 Å². The van der Waals surface area contributed by atoms with E-state index < -0.39 is 5.97 Å². The van der Waals surface area contributed by atoms with E-state index in [0.717, 1.165) is 6.42 Å². The molecule has 16 heavy (non-hydrogen) atoms. The summed E-state index contributed by atoms with van der Waals surface area (Å²) < 4.78 is 6.59. The van der Waals surface area contributed by atoms with Gasteiger partial charge < -0.3 is 9.84 Å². The van der Waals surface area contributed by atoms with Gasteiger partial charge in [0, 0.05) is 20.3 Å². The lowest BCUT2D eigenvalue weighted by atomic mass is 10.1. The van der Waals surface area contributed by atoms with Gasteiger partial charge in [-0.15, -0.1) is 5.10 Å².